The van der Waals surface area contributed by atoms with Gasteiger partial charge in [0.1, 0.15) is 16.2 Å². The van der Waals surface area contributed by atoms with Gasteiger partial charge in [-0.05, 0) is 44.2 Å². The molecule has 0 fully saturated rings. The smallest absolute Gasteiger partial charge is 0.263 e. The van der Waals surface area contributed by atoms with Crippen molar-refractivity contribution in [3.8, 4) is 5.69 Å². The monoisotopic (exact) mass is 300 g/mol. The quantitative estimate of drug-likeness (QED) is 0.739. The summed E-state index contributed by atoms with van der Waals surface area (Å²) in [5, 5.41) is 5.82. The number of hydrogen-bond donors (Lipinski definition) is 1. The minimum atomic E-state index is -0.140. The van der Waals surface area contributed by atoms with Gasteiger partial charge in [0, 0.05) is 0 Å². The van der Waals surface area contributed by atoms with Gasteiger partial charge >= 0.3 is 0 Å². The Bertz CT molecular complexity index is 895. The lowest BCUT2D eigenvalue weighted by atomic mass is 10.1. The lowest BCUT2D eigenvalue weighted by Gasteiger charge is -2.08. The summed E-state index contributed by atoms with van der Waals surface area (Å²) in [6, 6.07) is 6.17. The highest BCUT2D eigenvalue weighted by Gasteiger charge is 2.17. The van der Waals surface area contributed by atoms with Crippen LogP contribution in [0, 0.1) is 20.8 Å². The van der Waals surface area contributed by atoms with Crippen LogP contribution in [0.4, 0.5) is 0 Å². The number of hydrogen-bond acceptors (Lipinski definition) is 4. The topological polar surface area (TPSA) is 63.6 Å². The van der Waals surface area contributed by atoms with Gasteiger partial charge in [-0.3, -0.25) is 4.79 Å². The summed E-state index contributed by atoms with van der Waals surface area (Å²) in [4.78, 5) is 19.4. The van der Waals surface area contributed by atoms with E-state index in [1.54, 1.807) is 11.6 Å². The largest absolute Gasteiger partial charge is 0.310 e. The van der Waals surface area contributed by atoms with Crippen LogP contribution in [0.1, 0.15) is 17.0 Å². The van der Waals surface area contributed by atoms with Crippen molar-refractivity contribution in [2.75, 3.05) is 6.26 Å². The molecular formula is C15H16N4OS. The molecule has 0 bridgehead atoms. The molecule has 108 valence electrons. The molecule has 0 saturated heterocycles. The number of rotatable bonds is 2. The molecule has 5 nitrogen and oxygen atoms in total. The molecule has 0 spiro atoms. The average molecular weight is 300 g/mol. The maximum Gasteiger partial charge on any atom is 0.263 e. The van der Waals surface area contributed by atoms with Crippen molar-refractivity contribution in [1.29, 1.82) is 0 Å². The number of aromatic amines is 1. The number of nitrogens with one attached hydrogen (secondary N) is 1. The fourth-order valence-corrected chi connectivity index (χ4v) is 2.92. The number of benzene rings is 1. The molecule has 2 heterocycles. The highest BCUT2D eigenvalue weighted by molar-refractivity contribution is 7.98. The van der Waals surface area contributed by atoms with Crippen LogP contribution in [0.5, 0.6) is 0 Å². The molecule has 0 aliphatic heterocycles. The summed E-state index contributed by atoms with van der Waals surface area (Å²) >= 11 is 1.45. The van der Waals surface area contributed by atoms with E-state index < -0.39 is 0 Å². The van der Waals surface area contributed by atoms with Gasteiger partial charge in [-0.15, -0.1) is 11.8 Å². The maximum atomic E-state index is 12.2. The summed E-state index contributed by atoms with van der Waals surface area (Å²) in [5.41, 5.74) is 3.66. The Labute approximate surface area is 126 Å². The van der Waals surface area contributed by atoms with E-state index in [0.717, 1.165) is 16.8 Å². The SMILES string of the molecule is CSc1nn(-c2cc(C)ccc2C)c2nc(C)[nH]c(=O)c12. The molecule has 0 aliphatic carbocycles. The van der Waals surface area contributed by atoms with Crippen LogP contribution in [0.25, 0.3) is 16.7 Å². The molecule has 1 aromatic carbocycles. The maximum absolute atomic E-state index is 12.2. The van der Waals surface area contributed by atoms with E-state index in [2.05, 4.69) is 33.3 Å². The fraction of sp³-hybridized carbons (Fsp3) is 0.267. The van der Waals surface area contributed by atoms with Crippen LogP contribution in [-0.4, -0.2) is 26.0 Å². The highest BCUT2D eigenvalue weighted by atomic mass is 32.2. The Morgan fingerprint density at radius 3 is 2.71 bits per heavy atom. The minimum absolute atomic E-state index is 0.140. The Hall–Kier alpha value is -2.08. The predicted octanol–water partition coefficient (Wildman–Crippen LogP) is 2.76. The molecule has 0 atom stereocenters. The van der Waals surface area contributed by atoms with Gasteiger partial charge in [0.2, 0.25) is 0 Å². The van der Waals surface area contributed by atoms with E-state index in [0.29, 0.717) is 21.9 Å². The number of thioether (sulfide) groups is 1. The molecular weight excluding hydrogens is 284 g/mol. The lowest BCUT2D eigenvalue weighted by Crippen LogP contribution is -2.10. The molecule has 0 saturated carbocycles. The van der Waals surface area contributed by atoms with E-state index in [-0.39, 0.29) is 5.56 Å². The zero-order valence-corrected chi connectivity index (χ0v) is 13.2. The number of H-pyrrole nitrogens is 1. The summed E-state index contributed by atoms with van der Waals surface area (Å²) in [6.07, 6.45) is 1.91. The third-order valence-corrected chi connectivity index (χ3v) is 4.08. The van der Waals surface area contributed by atoms with Crippen molar-refractivity contribution < 1.29 is 0 Å². The van der Waals surface area contributed by atoms with Crippen molar-refractivity contribution in [2.45, 2.75) is 25.8 Å². The Morgan fingerprint density at radius 2 is 2.00 bits per heavy atom. The average Bonchev–Trinajstić information content (AvgIpc) is 2.80. The van der Waals surface area contributed by atoms with Crippen LogP contribution < -0.4 is 5.56 Å². The first-order valence-electron chi connectivity index (χ1n) is 6.62. The molecule has 2 aromatic heterocycles. The number of fused-ring (bicyclic) bond motifs is 1. The molecule has 1 N–H and O–H groups in total. The van der Waals surface area contributed by atoms with Gasteiger partial charge in [-0.2, -0.15) is 5.10 Å². The number of aryl methyl sites for hydroxylation is 3. The van der Waals surface area contributed by atoms with Gasteiger partial charge in [0.05, 0.1) is 5.69 Å². The summed E-state index contributed by atoms with van der Waals surface area (Å²) in [5.74, 6) is 0.589. The summed E-state index contributed by atoms with van der Waals surface area (Å²) < 4.78 is 1.77. The van der Waals surface area contributed by atoms with Gasteiger partial charge in [0.25, 0.3) is 5.56 Å². The molecule has 0 radical (unpaired) electrons. The van der Waals surface area contributed by atoms with Gasteiger partial charge in [-0.25, -0.2) is 9.67 Å². The Morgan fingerprint density at radius 1 is 1.24 bits per heavy atom. The normalized spacial score (nSPS) is 11.2. The number of nitrogens with zero attached hydrogens (tertiary/aromatic N) is 3. The molecule has 6 heteroatoms. The first-order chi connectivity index (χ1) is 10.0. The van der Waals surface area contributed by atoms with Crippen molar-refractivity contribution in [2.24, 2.45) is 0 Å². The Balaban J connectivity index is 2.43. The summed E-state index contributed by atoms with van der Waals surface area (Å²) in [6.45, 7) is 5.84. The fourth-order valence-electron chi connectivity index (χ4n) is 2.36. The molecule has 21 heavy (non-hydrogen) atoms. The van der Waals surface area contributed by atoms with Crippen molar-refractivity contribution >= 4 is 22.8 Å². The minimum Gasteiger partial charge on any atom is -0.310 e. The zero-order chi connectivity index (χ0) is 15.1. The third-order valence-electron chi connectivity index (χ3n) is 3.41. The third kappa shape index (κ3) is 2.25. The van der Waals surface area contributed by atoms with Crippen LogP contribution >= 0.6 is 11.8 Å². The zero-order valence-electron chi connectivity index (χ0n) is 12.4. The van der Waals surface area contributed by atoms with Crippen LogP contribution in [0.15, 0.2) is 28.0 Å². The summed E-state index contributed by atoms with van der Waals surface area (Å²) in [7, 11) is 0. The van der Waals surface area contributed by atoms with E-state index >= 15 is 0 Å². The van der Waals surface area contributed by atoms with Gasteiger partial charge < -0.3 is 4.98 Å². The second-order valence-electron chi connectivity index (χ2n) is 5.06. The molecule has 3 aromatic rings. The van der Waals surface area contributed by atoms with Crippen LogP contribution in [-0.2, 0) is 0 Å². The number of aromatic nitrogens is 4. The second-order valence-corrected chi connectivity index (χ2v) is 5.86. The second kappa shape index (κ2) is 5.04. The van der Waals surface area contributed by atoms with Gasteiger partial charge in [0.15, 0.2) is 5.65 Å². The lowest BCUT2D eigenvalue weighted by molar-refractivity contribution is 0.842. The van der Waals surface area contributed by atoms with Crippen molar-refractivity contribution in [1.82, 2.24) is 19.7 Å². The molecule has 3 rings (SSSR count). The Kier molecular flexibility index (Phi) is 3.33. The van der Waals surface area contributed by atoms with Gasteiger partial charge in [-0.1, -0.05) is 12.1 Å². The van der Waals surface area contributed by atoms with Crippen molar-refractivity contribution in [3.05, 3.63) is 45.5 Å². The van der Waals surface area contributed by atoms with E-state index in [1.165, 1.54) is 11.8 Å². The standard InChI is InChI=1S/C15H16N4OS/c1-8-5-6-9(2)11(7-8)19-13-12(15(18-19)21-4)14(20)17-10(3)16-13/h5-7H,1-4H3,(H,16,17,20). The highest BCUT2D eigenvalue weighted by Crippen LogP contribution is 2.25. The van der Waals surface area contributed by atoms with E-state index in [9.17, 15) is 4.79 Å². The van der Waals surface area contributed by atoms with Crippen LogP contribution in [0.3, 0.4) is 0 Å². The van der Waals surface area contributed by atoms with Crippen LogP contribution in [0.2, 0.25) is 0 Å². The first kappa shape index (κ1) is 13.9. The molecule has 0 aliphatic rings. The molecule has 0 unspecified atom stereocenters. The van der Waals surface area contributed by atoms with Crippen molar-refractivity contribution in [3.63, 3.8) is 0 Å². The predicted molar refractivity (Wildman–Crippen MR) is 85.5 cm³/mol. The first-order valence-corrected chi connectivity index (χ1v) is 7.85. The van der Waals surface area contributed by atoms with E-state index in [1.807, 2.05) is 20.1 Å². The molecule has 0 amide bonds. The van der Waals surface area contributed by atoms with E-state index in [4.69, 9.17) is 0 Å².